The van der Waals surface area contributed by atoms with Gasteiger partial charge in [-0.15, -0.1) is 0 Å². The summed E-state index contributed by atoms with van der Waals surface area (Å²) in [5.41, 5.74) is 2.16. The van der Waals surface area contributed by atoms with Crippen LogP contribution in [0.25, 0.3) is 0 Å². The Kier molecular flexibility index (Phi) is 7.24. The first-order chi connectivity index (χ1) is 14.7. The van der Waals surface area contributed by atoms with Gasteiger partial charge < -0.3 is 9.52 Å². The van der Waals surface area contributed by atoms with E-state index in [2.05, 4.69) is 40.1 Å². The summed E-state index contributed by atoms with van der Waals surface area (Å²) in [5, 5.41) is 10.8. The van der Waals surface area contributed by atoms with Crippen molar-refractivity contribution in [2.24, 2.45) is 5.92 Å². The molecule has 1 N–H and O–H groups in total. The molecular weight excluding hydrogens is 376 g/mol. The highest BCUT2D eigenvalue weighted by atomic mass is 16.4. The second kappa shape index (κ2) is 10.3. The van der Waals surface area contributed by atoms with Crippen LogP contribution in [0, 0.1) is 5.92 Å². The van der Waals surface area contributed by atoms with Crippen molar-refractivity contribution in [1.29, 1.82) is 0 Å². The molecule has 5 heteroatoms. The van der Waals surface area contributed by atoms with Gasteiger partial charge in [-0.2, -0.15) is 0 Å². The maximum Gasteiger partial charge on any atom is 0.343 e. The zero-order valence-corrected chi connectivity index (χ0v) is 17.9. The molecule has 3 heterocycles. The molecule has 30 heavy (non-hydrogen) atoms. The molecule has 0 saturated carbocycles. The van der Waals surface area contributed by atoms with Crippen molar-refractivity contribution in [3.05, 3.63) is 63.7 Å². The van der Waals surface area contributed by atoms with Crippen molar-refractivity contribution in [3.63, 3.8) is 0 Å². The molecule has 0 bridgehead atoms. The maximum absolute atomic E-state index is 12.4. The lowest BCUT2D eigenvalue weighted by atomic mass is 9.90. The molecule has 0 aliphatic carbocycles. The van der Waals surface area contributed by atoms with Crippen LogP contribution in [0.15, 0.2) is 45.8 Å². The van der Waals surface area contributed by atoms with Gasteiger partial charge in [-0.3, -0.25) is 9.80 Å². The minimum atomic E-state index is -0.404. The molecule has 162 valence electrons. The van der Waals surface area contributed by atoms with Crippen molar-refractivity contribution in [2.75, 3.05) is 26.2 Å². The number of rotatable bonds is 6. The van der Waals surface area contributed by atoms with Crippen LogP contribution in [0.2, 0.25) is 0 Å². The van der Waals surface area contributed by atoms with Crippen LogP contribution in [-0.2, 0) is 19.5 Å². The van der Waals surface area contributed by atoms with Crippen molar-refractivity contribution in [2.45, 2.75) is 58.0 Å². The Hall–Kier alpha value is -2.11. The summed E-state index contributed by atoms with van der Waals surface area (Å²) in [5.74, 6) is 0.824. The van der Waals surface area contributed by atoms with E-state index in [1.54, 1.807) is 0 Å². The number of hydrogen-bond acceptors (Lipinski definition) is 5. The van der Waals surface area contributed by atoms with E-state index in [-0.39, 0.29) is 5.75 Å². The summed E-state index contributed by atoms with van der Waals surface area (Å²) in [6.07, 6.45) is 9.76. The summed E-state index contributed by atoms with van der Waals surface area (Å²) in [4.78, 5) is 17.0. The molecule has 0 radical (unpaired) electrons. The van der Waals surface area contributed by atoms with Gasteiger partial charge in [0, 0.05) is 18.7 Å². The fraction of sp³-hybridized carbons (Fsp3) is 0.560. The fourth-order valence-corrected chi connectivity index (χ4v) is 4.85. The third kappa shape index (κ3) is 5.52. The predicted molar refractivity (Wildman–Crippen MR) is 119 cm³/mol. The Labute approximate surface area is 179 Å². The summed E-state index contributed by atoms with van der Waals surface area (Å²) >= 11 is 0. The zero-order chi connectivity index (χ0) is 20.8. The lowest BCUT2D eigenvalue weighted by Gasteiger charge is -2.32. The second-order valence-electron chi connectivity index (χ2n) is 8.98. The van der Waals surface area contributed by atoms with E-state index < -0.39 is 5.63 Å². The fourth-order valence-electron chi connectivity index (χ4n) is 4.85. The number of nitrogens with zero attached hydrogens (tertiary/aromatic N) is 2. The normalized spacial score (nSPS) is 19.6. The Morgan fingerprint density at radius 1 is 0.900 bits per heavy atom. The Morgan fingerprint density at radius 3 is 2.27 bits per heavy atom. The van der Waals surface area contributed by atoms with Crippen molar-refractivity contribution in [1.82, 2.24) is 9.80 Å². The number of aromatic hydroxyl groups is 1. The quantitative estimate of drug-likeness (QED) is 0.774. The van der Waals surface area contributed by atoms with Gasteiger partial charge in [0.05, 0.1) is 5.56 Å². The van der Waals surface area contributed by atoms with Crippen LogP contribution in [0.5, 0.6) is 5.75 Å². The summed E-state index contributed by atoms with van der Waals surface area (Å²) < 4.78 is 5.32. The molecule has 2 aliphatic rings. The molecule has 4 rings (SSSR count). The topological polar surface area (TPSA) is 56.9 Å². The molecule has 2 fully saturated rings. The first-order valence-electron chi connectivity index (χ1n) is 11.5. The molecule has 0 amide bonds. The third-order valence-corrected chi connectivity index (χ3v) is 6.69. The zero-order valence-electron chi connectivity index (χ0n) is 17.9. The lowest BCUT2D eigenvalue weighted by molar-refractivity contribution is 0.173. The van der Waals surface area contributed by atoms with Crippen LogP contribution in [0.1, 0.15) is 55.2 Å². The highest BCUT2D eigenvalue weighted by Gasteiger charge is 2.23. The van der Waals surface area contributed by atoms with Gasteiger partial charge in [-0.1, -0.05) is 43.2 Å². The van der Waals surface area contributed by atoms with E-state index in [1.165, 1.54) is 37.5 Å². The number of benzene rings is 1. The SMILES string of the molecule is O=c1occ(CN2CCCCCC2)c(O)c1CN1CCC(Cc2ccccc2)CC1. The molecule has 2 aromatic rings. The van der Waals surface area contributed by atoms with Gasteiger partial charge in [-0.05, 0) is 69.8 Å². The Balaban J connectivity index is 1.35. The van der Waals surface area contributed by atoms with Crippen LogP contribution >= 0.6 is 0 Å². The van der Waals surface area contributed by atoms with Crippen LogP contribution in [0.4, 0.5) is 0 Å². The largest absolute Gasteiger partial charge is 0.507 e. The molecule has 0 atom stereocenters. The second-order valence-corrected chi connectivity index (χ2v) is 8.98. The average molecular weight is 411 g/mol. The minimum Gasteiger partial charge on any atom is -0.507 e. The maximum atomic E-state index is 12.4. The van der Waals surface area contributed by atoms with Gasteiger partial charge in [0.15, 0.2) is 0 Å². The highest BCUT2D eigenvalue weighted by molar-refractivity contribution is 5.36. The van der Waals surface area contributed by atoms with Crippen LogP contribution in [0.3, 0.4) is 0 Å². The van der Waals surface area contributed by atoms with E-state index in [4.69, 9.17) is 4.42 Å². The Bertz CT molecular complexity index is 848. The number of likely N-dealkylation sites (tertiary alicyclic amines) is 2. The predicted octanol–water partition coefficient (Wildman–Crippen LogP) is 4.18. The summed E-state index contributed by atoms with van der Waals surface area (Å²) in [7, 11) is 0. The average Bonchev–Trinajstić information content (AvgIpc) is 3.04. The summed E-state index contributed by atoms with van der Waals surface area (Å²) in [6.45, 7) is 5.12. The lowest BCUT2D eigenvalue weighted by Crippen LogP contribution is -2.35. The molecule has 0 spiro atoms. The first-order valence-corrected chi connectivity index (χ1v) is 11.5. The van der Waals surface area contributed by atoms with E-state index in [0.29, 0.717) is 24.6 Å². The molecule has 1 aromatic heterocycles. The van der Waals surface area contributed by atoms with Gasteiger partial charge in [0.2, 0.25) is 0 Å². The monoisotopic (exact) mass is 410 g/mol. The third-order valence-electron chi connectivity index (χ3n) is 6.69. The van der Waals surface area contributed by atoms with Crippen molar-refractivity contribution < 1.29 is 9.52 Å². The van der Waals surface area contributed by atoms with Crippen molar-refractivity contribution >= 4 is 0 Å². The summed E-state index contributed by atoms with van der Waals surface area (Å²) in [6, 6.07) is 10.7. The van der Waals surface area contributed by atoms with E-state index in [1.807, 2.05) is 0 Å². The van der Waals surface area contributed by atoms with Gasteiger partial charge in [0.1, 0.15) is 12.0 Å². The Morgan fingerprint density at radius 2 is 1.57 bits per heavy atom. The minimum absolute atomic E-state index is 0.141. The van der Waals surface area contributed by atoms with E-state index >= 15 is 0 Å². The number of hydrogen-bond donors (Lipinski definition) is 1. The standard InChI is InChI=1S/C25H34N2O3/c28-24-22(17-26-12-6-1-2-7-13-26)19-30-25(29)23(24)18-27-14-10-21(11-15-27)16-20-8-4-3-5-9-20/h3-5,8-9,19,21,28H,1-2,6-7,10-18H2. The van der Waals surface area contributed by atoms with Crippen LogP contribution < -0.4 is 5.63 Å². The van der Waals surface area contributed by atoms with Gasteiger partial charge >= 0.3 is 5.63 Å². The highest BCUT2D eigenvalue weighted by Crippen LogP contribution is 2.27. The smallest absolute Gasteiger partial charge is 0.343 e. The van der Waals surface area contributed by atoms with E-state index in [0.717, 1.165) is 51.0 Å². The molecular formula is C25H34N2O3. The molecule has 2 aliphatic heterocycles. The molecule has 2 saturated heterocycles. The van der Waals surface area contributed by atoms with E-state index in [9.17, 15) is 9.90 Å². The van der Waals surface area contributed by atoms with Crippen LogP contribution in [-0.4, -0.2) is 41.1 Å². The van der Waals surface area contributed by atoms with Gasteiger partial charge in [-0.25, -0.2) is 4.79 Å². The molecule has 5 nitrogen and oxygen atoms in total. The van der Waals surface area contributed by atoms with Crippen molar-refractivity contribution in [3.8, 4) is 5.75 Å². The number of piperidine rings is 1. The first kappa shape index (κ1) is 21.1. The molecule has 0 unspecified atom stereocenters. The molecule has 1 aromatic carbocycles. The van der Waals surface area contributed by atoms with Gasteiger partial charge in [0.25, 0.3) is 0 Å².